The minimum absolute atomic E-state index is 0.107. The zero-order valence-corrected chi connectivity index (χ0v) is 12.3. The molecule has 0 aliphatic carbocycles. The molecule has 0 saturated carbocycles. The summed E-state index contributed by atoms with van der Waals surface area (Å²) in [6.45, 7) is 0. The van der Waals surface area contributed by atoms with Crippen LogP contribution in [0.5, 0.6) is 5.75 Å². The standard InChI is InChI=1S/C15H19NO5/c1-19-10-6-4-9(5-7-10)12-8-11(14(17)20-2)13(16-12)15(18)21-3/h4-7,11-13,16H,8H2,1-3H3/t11-,12+,13-/m1/s1. The van der Waals surface area contributed by atoms with Crippen LogP contribution >= 0.6 is 0 Å². The molecule has 1 heterocycles. The Kier molecular flexibility index (Phi) is 4.80. The fourth-order valence-corrected chi connectivity index (χ4v) is 2.60. The molecule has 0 spiro atoms. The molecule has 2 rings (SSSR count). The Hall–Kier alpha value is -2.08. The minimum Gasteiger partial charge on any atom is -0.497 e. The molecule has 1 aliphatic heterocycles. The largest absolute Gasteiger partial charge is 0.497 e. The van der Waals surface area contributed by atoms with E-state index in [1.807, 2.05) is 24.3 Å². The number of benzene rings is 1. The van der Waals surface area contributed by atoms with Gasteiger partial charge in [0.15, 0.2) is 0 Å². The van der Waals surface area contributed by atoms with Crippen molar-refractivity contribution >= 4 is 11.9 Å². The Bertz CT molecular complexity index is 489. The topological polar surface area (TPSA) is 73.9 Å². The third-order valence-corrected chi connectivity index (χ3v) is 3.75. The van der Waals surface area contributed by atoms with E-state index in [1.54, 1.807) is 7.11 Å². The van der Waals surface area contributed by atoms with Crippen LogP contribution in [0, 0.1) is 5.92 Å². The number of hydrogen-bond acceptors (Lipinski definition) is 6. The monoisotopic (exact) mass is 293 g/mol. The molecule has 6 nitrogen and oxygen atoms in total. The summed E-state index contributed by atoms with van der Waals surface area (Å²) in [7, 11) is 4.22. The lowest BCUT2D eigenvalue weighted by Gasteiger charge is -2.15. The summed E-state index contributed by atoms with van der Waals surface area (Å²) < 4.78 is 14.6. The van der Waals surface area contributed by atoms with E-state index < -0.39 is 23.9 Å². The van der Waals surface area contributed by atoms with E-state index in [2.05, 4.69) is 5.32 Å². The normalized spacial score (nSPS) is 24.4. The van der Waals surface area contributed by atoms with Crippen LogP contribution in [0.3, 0.4) is 0 Å². The van der Waals surface area contributed by atoms with E-state index in [4.69, 9.17) is 14.2 Å². The predicted molar refractivity (Wildman–Crippen MR) is 74.8 cm³/mol. The molecule has 0 amide bonds. The van der Waals surface area contributed by atoms with Gasteiger partial charge in [-0.2, -0.15) is 0 Å². The van der Waals surface area contributed by atoms with Gasteiger partial charge in [0.2, 0.25) is 0 Å². The van der Waals surface area contributed by atoms with Gasteiger partial charge in [-0.25, -0.2) is 0 Å². The molecule has 0 radical (unpaired) electrons. The second kappa shape index (κ2) is 6.58. The van der Waals surface area contributed by atoms with Crippen LogP contribution in [0.15, 0.2) is 24.3 Å². The number of hydrogen-bond donors (Lipinski definition) is 1. The van der Waals surface area contributed by atoms with Gasteiger partial charge < -0.3 is 14.2 Å². The molecule has 1 N–H and O–H groups in total. The Morgan fingerprint density at radius 3 is 2.19 bits per heavy atom. The number of nitrogens with one attached hydrogen (secondary N) is 1. The first-order valence-corrected chi connectivity index (χ1v) is 6.66. The Morgan fingerprint density at radius 2 is 1.67 bits per heavy atom. The lowest BCUT2D eigenvalue weighted by atomic mass is 9.96. The van der Waals surface area contributed by atoms with Crippen molar-refractivity contribution in [2.45, 2.75) is 18.5 Å². The van der Waals surface area contributed by atoms with Crippen LogP contribution in [0.2, 0.25) is 0 Å². The molecule has 21 heavy (non-hydrogen) atoms. The molecular formula is C15H19NO5. The molecule has 3 atom stereocenters. The Balaban J connectivity index is 2.19. The first-order valence-electron chi connectivity index (χ1n) is 6.66. The van der Waals surface area contributed by atoms with Crippen LogP contribution in [-0.2, 0) is 19.1 Å². The molecular weight excluding hydrogens is 274 g/mol. The quantitative estimate of drug-likeness (QED) is 0.837. The smallest absolute Gasteiger partial charge is 0.323 e. The molecule has 0 unspecified atom stereocenters. The molecule has 114 valence electrons. The zero-order valence-electron chi connectivity index (χ0n) is 12.3. The number of methoxy groups -OCH3 is 3. The molecule has 1 saturated heterocycles. The van der Waals surface area contributed by atoms with Gasteiger partial charge in [0.25, 0.3) is 0 Å². The predicted octanol–water partition coefficient (Wildman–Crippen LogP) is 1.06. The summed E-state index contributed by atoms with van der Waals surface area (Å²) in [4.78, 5) is 23.6. The maximum atomic E-state index is 11.8. The molecule has 0 aromatic heterocycles. The second-order valence-corrected chi connectivity index (χ2v) is 4.86. The molecule has 1 fully saturated rings. The summed E-state index contributed by atoms with van der Waals surface area (Å²) in [5.41, 5.74) is 0.983. The van der Waals surface area contributed by atoms with Gasteiger partial charge in [-0.3, -0.25) is 14.9 Å². The van der Waals surface area contributed by atoms with Gasteiger partial charge in [0, 0.05) is 6.04 Å². The summed E-state index contributed by atoms with van der Waals surface area (Å²) in [6.07, 6.45) is 0.485. The van der Waals surface area contributed by atoms with Gasteiger partial charge in [-0.1, -0.05) is 12.1 Å². The summed E-state index contributed by atoms with van der Waals surface area (Å²) in [5, 5.41) is 3.14. The van der Waals surface area contributed by atoms with Crippen molar-refractivity contribution < 1.29 is 23.8 Å². The maximum Gasteiger partial charge on any atom is 0.323 e. The number of ether oxygens (including phenoxy) is 3. The minimum atomic E-state index is -0.686. The van der Waals surface area contributed by atoms with Gasteiger partial charge in [0.05, 0.1) is 27.2 Å². The molecule has 6 heteroatoms. The highest BCUT2D eigenvalue weighted by molar-refractivity contribution is 5.85. The summed E-state index contributed by atoms with van der Waals surface area (Å²) in [6, 6.07) is 6.71. The molecule has 1 aromatic rings. The Morgan fingerprint density at radius 1 is 1.05 bits per heavy atom. The van der Waals surface area contributed by atoms with Crippen LogP contribution in [0.25, 0.3) is 0 Å². The van der Waals surface area contributed by atoms with E-state index in [0.29, 0.717) is 6.42 Å². The van der Waals surface area contributed by atoms with E-state index in [-0.39, 0.29) is 6.04 Å². The van der Waals surface area contributed by atoms with Crippen molar-refractivity contribution in [3.63, 3.8) is 0 Å². The van der Waals surface area contributed by atoms with Gasteiger partial charge in [-0.15, -0.1) is 0 Å². The van der Waals surface area contributed by atoms with E-state index in [9.17, 15) is 9.59 Å². The molecule has 1 aliphatic rings. The van der Waals surface area contributed by atoms with Gasteiger partial charge in [0.1, 0.15) is 11.8 Å². The molecule has 0 bridgehead atoms. The Labute approximate surface area is 123 Å². The van der Waals surface area contributed by atoms with Gasteiger partial charge >= 0.3 is 11.9 Å². The number of carbonyl (C=O) groups is 2. The van der Waals surface area contributed by atoms with Crippen LogP contribution in [0.4, 0.5) is 0 Å². The average molecular weight is 293 g/mol. The van der Waals surface area contributed by atoms with Crippen molar-refractivity contribution in [1.82, 2.24) is 5.32 Å². The first kappa shape index (κ1) is 15.3. The zero-order chi connectivity index (χ0) is 15.4. The number of esters is 2. The van der Waals surface area contributed by atoms with Crippen molar-refractivity contribution in [2.75, 3.05) is 21.3 Å². The summed E-state index contributed by atoms with van der Waals surface area (Å²) >= 11 is 0. The van der Waals surface area contributed by atoms with Crippen LogP contribution in [0.1, 0.15) is 18.0 Å². The SMILES string of the molecule is COC(=O)[C@@H]1C[C@@H](c2ccc(OC)cc2)N[C@H]1C(=O)OC. The van der Waals surface area contributed by atoms with Gasteiger partial charge in [-0.05, 0) is 24.1 Å². The third kappa shape index (κ3) is 3.16. The molecule has 1 aromatic carbocycles. The van der Waals surface area contributed by atoms with Crippen LogP contribution in [-0.4, -0.2) is 39.3 Å². The third-order valence-electron chi connectivity index (χ3n) is 3.75. The van der Waals surface area contributed by atoms with E-state index in [1.165, 1.54) is 14.2 Å². The van der Waals surface area contributed by atoms with Crippen molar-refractivity contribution in [1.29, 1.82) is 0 Å². The fourth-order valence-electron chi connectivity index (χ4n) is 2.60. The van der Waals surface area contributed by atoms with Crippen LogP contribution < -0.4 is 10.1 Å². The summed E-state index contributed by atoms with van der Waals surface area (Å²) in [5.74, 6) is -0.657. The van der Waals surface area contributed by atoms with Crippen molar-refractivity contribution in [3.8, 4) is 5.75 Å². The van der Waals surface area contributed by atoms with Crippen molar-refractivity contribution in [3.05, 3.63) is 29.8 Å². The highest BCUT2D eigenvalue weighted by atomic mass is 16.5. The second-order valence-electron chi connectivity index (χ2n) is 4.86. The lowest BCUT2D eigenvalue weighted by molar-refractivity contribution is -0.153. The lowest BCUT2D eigenvalue weighted by Crippen LogP contribution is -2.40. The fraction of sp³-hybridized carbons (Fsp3) is 0.467. The number of carbonyl (C=O) groups excluding carboxylic acids is 2. The number of rotatable bonds is 4. The maximum absolute atomic E-state index is 11.8. The average Bonchev–Trinajstić information content (AvgIpc) is 2.98. The first-order chi connectivity index (χ1) is 10.1. The van der Waals surface area contributed by atoms with Crippen molar-refractivity contribution in [2.24, 2.45) is 5.92 Å². The highest BCUT2D eigenvalue weighted by Crippen LogP contribution is 2.33. The highest BCUT2D eigenvalue weighted by Gasteiger charge is 2.44. The van der Waals surface area contributed by atoms with E-state index in [0.717, 1.165) is 11.3 Å². The van der Waals surface area contributed by atoms with E-state index >= 15 is 0 Å².